The molecule has 0 unspecified atom stereocenters. The van der Waals surface area contributed by atoms with E-state index in [2.05, 4.69) is 27.9 Å². The van der Waals surface area contributed by atoms with E-state index in [1.54, 1.807) is 13.8 Å². The second-order valence-corrected chi connectivity index (χ2v) is 5.07. The largest absolute Gasteiger partial charge is 0.399 e. The van der Waals surface area contributed by atoms with Crippen molar-refractivity contribution in [1.29, 1.82) is 0 Å². The molecule has 0 radical (unpaired) electrons. The number of nitrogen functional groups attached to an aromatic ring is 1. The molecule has 0 saturated heterocycles. The Morgan fingerprint density at radius 3 is 2.64 bits per heavy atom. The van der Waals surface area contributed by atoms with E-state index in [9.17, 15) is 5.11 Å². The molecule has 0 aliphatic carbocycles. The number of benzene rings is 1. The van der Waals surface area contributed by atoms with Crippen LogP contribution in [-0.2, 0) is 0 Å². The maximum absolute atomic E-state index is 9.53. The Morgan fingerprint density at radius 1 is 1.50 bits per heavy atom. The van der Waals surface area contributed by atoms with Gasteiger partial charge in [-0.05, 0) is 54.6 Å². The van der Waals surface area contributed by atoms with Gasteiger partial charge in [-0.1, -0.05) is 0 Å². The molecule has 3 nitrogen and oxygen atoms in total. The van der Waals surface area contributed by atoms with Crippen molar-refractivity contribution in [3.63, 3.8) is 0 Å². The number of nitrogens with one attached hydrogen (secondary N) is 1. The first-order valence-electron chi connectivity index (χ1n) is 4.40. The van der Waals surface area contributed by atoms with Gasteiger partial charge in [-0.2, -0.15) is 0 Å². The van der Waals surface area contributed by atoms with Gasteiger partial charge in [0.15, 0.2) is 0 Å². The standard InChI is InChI=1S/C10H15IN2O/c1-10(2,14)6-13-9-4-3-7(12)5-8(9)11/h3-5,13-14H,6,12H2,1-2H3. The normalized spacial score (nSPS) is 11.4. The van der Waals surface area contributed by atoms with Crippen LogP contribution in [0.25, 0.3) is 0 Å². The molecule has 4 N–H and O–H groups in total. The number of anilines is 2. The highest BCUT2D eigenvalue weighted by molar-refractivity contribution is 14.1. The Labute approximate surface area is 97.8 Å². The van der Waals surface area contributed by atoms with E-state index in [0.29, 0.717) is 6.54 Å². The van der Waals surface area contributed by atoms with Crippen LogP contribution in [0.2, 0.25) is 0 Å². The van der Waals surface area contributed by atoms with E-state index < -0.39 is 5.60 Å². The summed E-state index contributed by atoms with van der Waals surface area (Å²) in [5.41, 5.74) is 6.68. The van der Waals surface area contributed by atoms with E-state index in [0.717, 1.165) is 14.9 Å². The summed E-state index contributed by atoms with van der Waals surface area (Å²) in [6.07, 6.45) is 0. The third-order valence-electron chi connectivity index (χ3n) is 1.70. The minimum atomic E-state index is -0.704. The van der Waals surface area contributed by atoms with Crippen LogP contribution in [0.3, 0.4) is 0 Å². The van der Waals surface area contributed by atoms with E-state index in [4.69, 9.17) is 5.73 Å². The lowest BCUT2D eigenvalue weighted by Gasteiger charge is -2.19. The summed E-state index contributed by atoms with van der Waals surface area (Å²) in [4.78, 5) is 0. The van der Waals surface area contributed by atoms with Gasteiger partial charge >= 0.3 is 0 Å². The number of nitrogens with two attached hydrogens (primary N) is 1. The van der Waals surface area contributed by atoms with Gasteiger partial charge in [-0.3, -0.25) is 0 Å². The van der Waals surface area contributed by atoms with E-state index in [-0.39, 0.29) is 0 Å². The number of aliphatic hydroxyl groups is 1. The van der Waals surface area contributed by atoms with Gasteiger partial charge in [-0.25, -0.2) is 0 Å². The summed E-state index contributed by atoms with van der Waals surface area (Å²) in [5, 5.41) is 12.7. The smallest absolute Gasteiger partial charge is 0.0763 e. The molecule has 1 aromatic carbocycles. The molecule has 0 heterocycles. The van der Waals surface area contributed by atoms with Crippen LogP contribution in [0.15, 0.2) is 18.2 Å². The average Bonchev–Trinajstić information content (AvgIpc) is 2.00. The minimum absolute atomic E-state index is 0.521. The monoisotopic (exact) mass is 306 g/mol. The van der Waals surface area contributed by atoms with Crippen molar-refractivity contribution < 1.29 is 5.11 Å². The fourth-order valence-electron chi connectivity index (χ4n) is 0.986. The first-order valence-corrected chi connectivity index (χ1v) is 5.48. The quantitative estimate of drug-likeness (QED) is 0.592. The van der Waals surface area contributed by atoms with Crippen molar-refractivity contribution in [2.24, 2.45) is 0 Å². The SMILES string of the molecule is CC(C)(O)CNc1ccc(N)cc1I. The molecule has 0 aromatic heterocycles. The van der Waals surface area contributed by atoms with Gasteiger partial charge in [0.2, 0.25) is 0 Å². The zero-order valence-corrected chi connectivity index (χ0v) is 10.5. The van der Waals surface area contributed by atoms with Gasteiger partial charge in [-0.15, -0.1) is 0 Å². The second-order valence-electron chi connectivity index (χ2n) is 3.91. The Kier molecular flexibility index (Phi) is 3.60. The van der Waals surface area contributed by atoms with Crippen LogP contribution < -0.4 is 11.1 Å². The number of rotatable bonds is 3. The predicted molar refractivity (Wildman–Crippen MR) is 68.4 cm³/mol. The average molecular weight is 306 g/mol. The van der Waals surface area contributed by atoms with Crippen LogP contribution in [0.4, 0.5) is 11.4 Å². The van der Waals surface area contributed by atoms with Gasteiger partial charge in [0.05, 0.1) is 5.60 Å². The molecular weight excluding hydrogens is 291 g/mol. The fraction of sp³-hybridized carbons (Fsp3) is 0.400. The highest BCUT2D eigenvalue weighted by Gasteiger charge is 2.12. The zero-order valence-electron chi connectivity index (χ0n) is 8.34. The Morgan fingerprint density at radius 2 is 2.14 bits per heavy atom. The lowest BCUT2D eigenvalue weighted by molar-refractivity contribution is 0.0945. The fourth-order valence-corrected chi connectivity index (χ4v) is 1.72. The lowest BCUT2D eigenvalue weighted by Crippen LogP contribution is -2.29. The molecule has 78 valence electrons. The third kappa shape index (κ3) is 3.71. The maximum Gasteiger partial charge on any atom is 0.0763 e. The molecule has 0 aliphatic heterocycles. The van der Waals surface area contributed by atoms with Gasteiger partial charge in [0.25, 0.3) is 0 Å². The predicted octanol–water partition coefficient (Wildman–Crippen LogP) is 2.06. The summed E-state index contributed by atoms with van der Waals surface area (Å²) in [6, 6.07) is 5.66. The lowest BCUT2D eigenvalue weighted by atomic mass is 10.1. The highest BCUT2D eigenvalue weighted by Crippen LogP contribution is 2.21. The van der Waals surface area contributed by atoms with Gasteiger partial charge in [0, 0.05) is 21.5 Å². The summed E-state index contributed by atoms with van der Waals surface area (Å²) >= 11 is 2.21. The number of halogens is 1. The van der Waals surface area contributed by atoms with Crippen molar-refractivity contribution >= 4 is 34.0 Å². The molecule has 0 aliphatic rings. The van der Waals surface area contributed by atoms with Gasteiger partial charge < -0.3 is 16.2 Å². The summed E-state index contributed by atoms with van der Waals surface area (Å²) in [7, 11) is 0. The van der Waals surface area contributed by atoms with Crippen molar-refractivity contribution in [2.75, 3.05) is 17.6 Å². The topological polar surface area (TPSA) is 58.3 Å². The Balaban J connectivity index is 2.68. The maximum atomic E-state index is 9.53. The van der Waals surface area contributed by atoms with Crippen LogP contribution in [0.1, 0.15) is 13.8 Å². The minimum Gasteiger partial charge on any atom is -0.399 e. The van der Waals surface area contributed by atoms with E-state index in [1.165, 1.54) is 0 Å². The molecule has 0 atom stereocenters. The van der Waals surface area contributed by atoms with Crippen molar-refractivity contribution in [3.05, 3.63) is 21.8 Å². The summed E-state index contributed by atoms with van der Waals surface area (Å²) < 4.78 is 1.06. The third-order valence-corrected chi connectivity index (χ3v) is 2.60. The van der Waals surface area contributed by atoms with E-state index >= 15 is 0 Å². The molecule has 0 amide bonds. The van der Waals surface area contributed by atoms with Crippen LogP contribution >= 0.6 is 22.6 Å². The second kappa shape index (κ2) is 4.35. The van der Waals surface area contributed by atoms with Crippen molar-refractivity contribution in [1.82, 2.24) is 0 Å². The summed E-state index contributed by atoms with van der Waals surface area (Å²) in [5.74, 6) is 0. The summed E-state index contributed by atoms with van der Waals surface area (Å²) in [6.45, 7) is 4.06. The van der Waals surface area contributed by atoms with Gasteiger partial charge in [0.1, 0.15) is 0 Å². The van der Waals surface area contributed by atoms with Crippen LogP contribution in [0.5, 0.6) is 0 Å². The number of hydrogen-bond acceptors (Lipinski definition) is 3. The molecule has 14 heavy (non-hydrogen) atoms. The van der Waals surface area contributed by atoms with Crippen LogP contribution in [0, 0.1) is 3.57 Å². The Hall–Kier alpha value is -0.490. The first-order chi connectivity index (χ1) is 6.38. The van der Waals surface area contributed by atoms with Crippen molar-refractivity contribution in [2.45, 2.75) is 19.4 Å². The molecule has 0 fully saturated rings. The van der Waals surface area contributed by atoms with Crippen LogP contribution in [-0.4, -0.2) is 17.3 Å². The molecular formula is C10H15IN2O. The molecule has 1 aromatic rings. The van der Waals surface area contributed by atoms with Crippen molar-refractivity contribution in [3.8, 4) is 0 Å². The molecule has 1 rings (SSSR count). The molecule has 0 bridgehead atoms. The zero-order chi connectivity index (χ0) is 10.8. The highest BCUT2D eigenvalue weighted by atomic mass is 127. The first kappa shape index (κ1) is 11.6. The molecule has 4 heteroatoms. The molecule has 0 spiro atoms. The number of hydrogen-bond donors (Lipinski definition) is 3. The molecule has 0 saturated carbocycles. The Bertz CT molecular complexity index is 320. The van der Waals surface area contributed by atoms with E-state index in [1.807, 2.05) is 18.2 Å².